The first-order chi connectivity index (χ1) is 9.26. The summed E-state index contributed by atoms with van der Waals surface area (Å²) in [5.41, 5.74) is 3.98. The largest absolute Gasteiger partial charge is 0.296 e. The molecule has 0 aromatic heterocycles. The Morgan fingerprint density at radius 3 is 2.79 bits per heavy atom. The average molecular weight is 261 g/mol. The Hall–Kier alpha value is -1.39. The topological polar surface area (TPSA) is 58.4 Å². The van der Waals surface area contributed by atoms with Gasteiger partial charge in [-0.2, -0.15) is 0 Å². The van der Waals surface area contributed by atoms with E-state index in [0.717, 1.165) is 18.7 Å². The number of nitrogens with zero attached hydrogens (tertiary/aromatic N) is 1. The normalized spacial score (nSPS) is 14.7. The minimum absolute atomic E-state index is 0.207. The molecule has 0 bridgehead atoms. The maximum absolute atomic E-state index is 11.8. The van der Waals surface area contributed by atoms with E-state index in [2.05, 4.69) is 17.2 Å². The lowest BCUT2D eigenvalue weighted by atomic mass is 10.1. The summed E-state index contributed by atoms with van der Waals surface area (Å²) in [6.45, 7) is 4.16. The van der Waals surface area contributed by atoms with E-state index in [1.165, 1.54) is 25.7 Å². The number of nitrogens with two attached hydrogens (primary N) is 1. The van der Waals surface area contributed by atoms with Crippen LogP contribution in [0.5, 0.6) is 0 Å². The van der Waals surface area contributed by atoms with E-state index in [1.807, 2.05) is 24.3 Å². The SMILES string of the molecule is CCCCN(Cc1ccccc1C(=O)NN)C1CC1. The Bertz CT molecular complexity index is 429. The van der Waals surface area contributed by atoms with E-state index >= 15 is 0 Å². The van der Waals surface area contributed by atoms with Gasteiger partial charge < -0.3 is 0 Å². The molecule has 4 nitrogen and oxygen atoms in total. The van der Waals surface area contributed by atoms with E-state index in [4.69, 9.17) is 5.84 Å². The summed E-state index contributed by atoms with van der Waals surface area (Å²) in [5, 5.41) is 0. The summed E-state index contributed by atoms with van der Waals surface area (Å²) in [6, 6.07) is 8.42. The molecular weight excluding hydrogens is 238 g/mol. The van der Waals surface area contributed by atoms with Crippen LogP contribution in [0.2, 0.25) is 0 Å². The first-order valence-corrected chi connectivity index (χ1v) is 7.09. The minimum atomic E-state index is -0.207. The Morgan fingerprint density at radius 1 is 1.42 bits per heavy atom. The van der Waals surface area contributed by atoms with Crippen molar-refractivity contribution < 1.29 is 4.79 Å². The zero-order valence-corrected chi connectivity index (χ0v) is 11.6. The van der Waals surface area contributed by atoms with Crippen molar-refractivity contribution in [1.29, 1.82) is 0 Å². The van der Waals surface area contributed by atoms with Gasteiger partial charge in [0.05, 0.1) is 0 Å². The zero-order valence-electron chi connectivity index (χ0n) is 11.6. The number of nitrogens with one attached hydrogen (secondary N) is 1. The molecule has 1 aromatic carbocycles. The van der Waals surface area contributed by atoms with Crippen molar-refractivity contribution in [2.24, 2.45) is 5.84 Å². The molecular formula is C15H23N3O. The van der Waals surface area contributed by atoms with Gasteiger partial charge in [-0.05, 0) is 37.4 Å². The van der Waals surface area contributed by atoms with Gasteiger partial charge in [0.2, 0.25) is 0 Å². The third-order valence-electron chi connectivity index (χ3n) is 3.63. The molecule has 1 amide bonds. The third-order valence-corrected chi connectivity index (χ3v) is 3.63. The fourth-order valence-corrected chi connectivity index (χ4v) is 2.37. The monoisotopic (exact) mass is 261 g/mol. The summed E-state index contributed by atoms with van der Waals surface area (Å²) in [6.07, 6.45) is 4.99. The number of benzene rings is 1. The van der Waals surface area contributed by atoms with Gasteiger partial charge in [-0.25, -0.2) is 5.84 Å². The number of unbranched alkanes of at least 4 members (excludes halogenated alkanes) is 1. The summed E-state index contributed by atoms with van der Waals surface area (Å²) in [5.74, 6) is 5.04. The lowest BCUT2D eigenvalue weighted by Crippen LogP contribution is -2.32. The molecule has 0 saturated heterocycles. The predicted molar refractivity (Wildman–Crippen MR) is 76.4 cm³/mol. The Labute approximate surface area is 114 Å². The number of amides is 1. The zero-order chi connectivity index (χ0) is 13.7. The lowest BCUT2D eigenvalue weighted by molar-refractivity contribution is 0.0951. The van der Waals surface area contributed by atoms with Crippen molar-refractivity contribution in [2.45, 2.75) is 45.2 Å². The van der Waals surface area contributed by atoms with E-state index < -0.39 is 0 Å². The predicted octanol–water partition coefficient (Wildman–Crippen LogP) is 2.05. The van der Waals surface area contributed by atoms with Gasteiger partial charge in [-0.3, -0.25) is 15.1 Å². The molecule has 4 heteroatoms. The van der Waals surface area contributed by atoms with Crippen LogP contribution in [0.25, 0.3) is 0 Å². The molecule has 1 aliphatic carbocycles. The molecule has 3 N–H and O–H groups in total. The number of carbonyl (C=O) groups excluding carboxylic acids is 1. The number of nitrogen functional groups attached to an aromatic ring is 1. The number of rotatable bonds is 7. The Kier molecular flexibility index (Phi) is 4.93. The van der Waals surface area contributed by atoms with Crippen molar-refractivity contribution in [3.63, 3.8) is 0 Å². The number of hydrazine groups is 1. The first kappa shape index (κ1) is 14.0. The summed E-state index contributed by atoms with van der Waals surface area (Å²) in [4.78, 5) is 14.3. The summed E-state index contributed by atoms with van der Waals surface area (Å²) < 4.78 is 0. The smallest absolute Gasteiger partial charge is 0.265 e. The Morgan fingerprint density at radius 2 is 2.16 bits per heavy atom. The molecule has 0 aliphatic heterocycles. The van der Waals surface area contributed by atoms with Gasteiger partial charge in [0.1, 0.15) is 0 Å². The molecule has 1 aliphatic rings. The first-order valence-electron chi connectivity index (χ1n) is 7.09. The van der Waals surface area contributed by atoms with Crippen LogP contribution in [-0.2, 0) is 6.54 Å². The van der Waals surface area contributed by atoms with E-state index in [1.54, 1.807) is 0 Å². The van der Waals surface area contributed by atoms with Crippen LogP contribution in [0.1, 0.15) is 48.5 Å². The number of hydrogen-bond acceptors (Lipinski definition) is 3. The highest BCUT2D eigenvalue weighted by molar-refractivity contribution is 5.95. The van der Waals surface area contributed by atoms with Gasteiger partial charge in [-0.1, -0.05) is 31.5 Å². The van der Waals surface area contributed by atoms with Crippen molar-refractivity contribution >= 4 is 5.91 Å². The Balaban J connectivity index is 2.09. The van der Waals surface area contributed by atoms with Crippen LogP contribution < -0.4 is 11.3 Å². The lowest BCUT2D eigenvalue weighted by Gasteiger charge is -2.23. The van der Waals surface area contributed by atoms with Crippen molar-refractivity contribution in [2.75, 3.05) is 6.54 Å². The van der Waals surface area contributed by atoms with Gasteiger partial charge in [0.15, 0.2) is 0 Å². The van der Waals surface area contributed by atoms with Crippen LogP contribution in [0, 0.1) is 0 Å². The highest BCUT2D eigenvalue weighted by atomic mass is 16.2. The molecule has 1 saturated carbocycles. The van der Waals surface area contributed by atoms with Crippen molar-refractivity contribution in [1.82, 2.24) is 10.3 Å². The molecule has 0 atom stereocenters. The summed E-state index contributed by atoms with van der Waals surface area (Å²) >= 11 is 0. The quantitative estimate of drug-likeness (QED) is 0.449. The van der Waals surface area contributed by atoms with Gasteiger partial charge in [-0.15, -0.1) is 0 Å². The number of carbonyl (C=O) groups is 1. The molecule has 0 spiro atoms. The van der Waals surface area contributed by atoms with Crippen LogP contribution in [0.3, 0.4) is 0 Å². The number of hydrogen-bond donors (Lipinski definition) is 2. The fraction of sp³-hybridized carbons (Fsp3) is 0.533. The fourth-order valence-electron chi connectivity index (χ4n) is 2.37. The van der Waals surface area contributed by atoms with Crippen molar-refractivity contribution in [3.8, 4) is 0 Å². The molecule has 2 rings (SSSR count). The van der Waals surface area contributed by atoms with E-state index in [0.29, 0.717) is 11.6 Å². The minimum Gasteiger partial charge on any atom is -0.296 e. The maximum atomic E-state index is 11.8. The van der Waals surface area contributed by atoms with Crippen molar-refractivity contribution in [3.05, 3.63) is 35.4 Å². The molecule has 0 heterocycles. The molecule has 1 aromatic rings. The molecule has 0 radical (unpaired) electrons. The second-order valence-corrected chi connectivity index (χ2v) is 5.19. The second kappa shape index (κ2) is 6.68. The summed E-state index contributed by atoms with van der Waals surface area (Å²) in [7, 11) is 0. The van der Waals surface area contributed by atoms with E-state index in [-0.39, 0.29) is 5.91 Å². The molecule has 104 valence electrons. The van der Waals surface area contributed by atoms with Crippen LogP contribution in [0.15, 0.2) is 24.3 Å². The van der Waals surface area contributed by atoms with Gasteiger partial charge in [0, 0.05) is 18.2 Å². The molecule has 0 unspecified atom stereocenters. The van der Waals surface area contributed by atoms with Gasteiger partial charge in [0.25, 0.3) is 5.91 Å². The van der Waals surface area contributed by atoms with Crippen LogP contribution >= 0.6 is 0 Å². The maximum Gasteiger partial charge on any atom is 0.265 e. The molecule has 1 fully saturated rings. The molecule has 19 heavy (non-hydrogen) atoms. The van der Waals surface area contributed by atoms with Crippen LogP contribution in [-0.4, -0.2) is 23.4 Å². The third kappa shape index (κ3) is 3.78. The second-order valence-electron chi connectivity index (χ2n) is 5.19. The van der Waals surface area contributed by atoms with Crippen LogP contribution in [0.4, 0.5) is 0 Å². The standard InChI is InChI=1S/C15H23N3O/c1-2-3-10-18(13-8-9-13)11-12-6-4-5-7-14(12)15(19)17-16/h4-7,13H,2-3,8-11,16H2,1H3,(H,17,19). The highest BCUT2D eigenvalue weighted by Gasteiger charge is 2.29. The van der Waals surface area contributed by atoms with Gasteiger partial charge >= 0.3 is 0 Å². The average Bonchev–Trinajstić information content (AvgIpc) is 3.27. The van der Waals surface area contributed by atoms with E-state index in [9.17, 15) is 4.79 Å². The highest BCUT2D eigenvalue weighted by Crippen LogP contribution is 2.29.